The molecule has 0 saturated carbocycles. The van der Waals surface area contributed by atoms with Crippen LogP contribution in [0.1, 0.15) is 42.3 Å². The number of hydrogen-bond acceptors (Lipinski definition) is 3. The van der Waals surface area contributed by atoms with Crippen molar-refractivity contribution in [2.45, 2.75) is 39.0 Å². The van der Waals surface area contributed by atoms with E-state index in [4.69, 9.17) is 0 Å². The lowest BCUT2D eigenvalue weighted by Crippen LogP contribution is -2.15. The normalized spacial score (nSPS) is 11.5. The number of Topliss-reactive ketones (excluding diaryl/α,β-unsaturated/α-hetero) is 1. The predicted molar refractivity (Wildman–Crippen MR) is 97.0 cm³/mol. The minimum atomic E-state index is -3.73. The second-order valence-corrected chi connectivity index (χ2v) is 8.14. The van der Waals surface area contributed by atoms with Gasteiger partial charge in [0.2, 0.25) is 0 Å². The summed E-state index contributed by atoms with van der Waals surface area (Å²) in [6, 6.07) is 11.9. The molecule has 0 spiro atoms. The minimum Gasteiger partial charge on any atom is -0.294 e. The van der Waals surface area contributed by atoms with Gasteiger partial charge in [-0.15, -0.1) is 0 Å². The topological polar surface area (TPSA) is 63.2 Å². The van der Waals surface area contributed by atoms with Gasteiger partial charge in [-0.1, -0.05) is 37.6 Å². The summed E-state index contributed by atoms with van der Waals surface area (Å²) in [5.74, 6) is 0.266. The quantitative estimate of drug-likeness (QED) is 0.798. The molecule has 0 aromatic heterocycles. The molecule has 2 aromatic rings. The van der Waals surface area contributed by atoms with Crippen molar-refractivity contribution < 1.29 is 13.2 Å². The van der Waals surface area contributed by atoms with Gasteiger partial charge < -0.3 is 0 Å². The Morgan fingerprint density at radius 2 is 1.71 bits per heavy atom. The number of carbonyl (C=O) groups excluding carboxylic acids is 1. The Morgan fingerprint density at radius 3 is 2.25 bits per heavy atom. The molecule has 0 aliphatic carbocycles. The molecule has 0 atom stereocenters. The number of carbonyl (C=O) groups is 1. The van der Waals surface area contributed by atoms with Crippen molar-refractivity contribution in [3.63, 3.8) is 0 Å². The van der Waals surface area contributed by atoms with E-state index in [1.165, 1.54) is 6.92 Å². The average Bonchev–Trinajstić information content (AvgIpc) is 2.46. The standard InChI is InChI=1S/C19H23NO3S/c1-13(2)11-16-7-10-18(15(4)21)19(12-16)20-24(22,23)17-8-5-14(3)6-9-17/h5-10,12-13,20H,11H2,1-4H3. The van der Waals surface area contributed by atoms with Crippen molar-refractivity contribution in [3.05, 3.63) is 59.2 Å². The molecule has 0 radical (unpaired) electrons. The highest BCUT2D eigenvalue weighted by atomic mass is 32.2. The van der Waals surface area contributed by atoms with Gasteiger partial charge in [0.25, 0.3) is 10.0 Å². The van der Waals surface area contributed by atoms with Gasteiger partial charge in [0, 0.05) is 5.56 Å². The molecule has 2 rings (SSSR count). The number of benzene rings is 2. The lowest BCUT2D eigenvalue weighted by molar-refractivity contribution is 0.101. The zero-order chi connectivity index (χ0) is 17.9. The maximum absolute atomic E-state index is 12.6. The SMILES string of the molecule is CC(=O)c1ccc(CC(C)C)cc1NS(=O)(=O)c1ccc(C)cc1. The molecule has 0 aliphatic rings. The molecule has 24 heavy (non-hydrogen) atoms. The van der Waals surface area contributed by atoms with E-state index in [1.807, 2.05) is 13.0 Å². The molecule has 0 bridgehead atoms. The number of rotatable bonds is 6. The van der Waals surface area contributed by atoms with E-state index in [9.17, 15) is 13.2 Å². The number of anilines is 1. The van der Waals surface area contributed by atoms with Crippen molar-refractivity contribution in [1.82, 2.24) is 0 Å². The zero-order valence-electron chi connectivity index (χ0n) is 14.5. The van der Waals surface area contributed by atoms with Crippen molar-refractivity contribution in [2.24, 2.45) is 5.92 Å². The summed E-state index contributed by atoms with van der Waals surface area (Å²) in [7, 11) is -3.73. The first kappa shape index (κ1) is 18.2. The number of ketones is 1. The molecule has 0 saturated heterocycles. The Balaban J connectivity index is 2.42. The van der Waals surface area contributed by atoms with Crippen LogP contribution in [0.2, 0.25) is 0 Å². The highest BCUT2D eigenvalue weighted by Gasteiger charge is 2.18. The van der Waals surface area contributed by atoms with E-state index in [2.05, 4.69) is 18.6 Å². The Bertz CT molecular complexity index is 837. The summed E-state index contributed by atoms with van der Waals surface area (Å²) in [6.45, 7) is 7.51. The van der Waals surface area contributed by atoms with Gasteiger partial charge >= 0.3 is 0 Å². The van der Waals surface area contributed by atoms with Crippen LogP contribution in [0.4, 0.5) is 5.69 Å². The van der Waals surface area contributed by atoms with Crippen LogP contribution in [0.3, 0.4) is 0 Å². The summed E-state index contributed by atoms with van der Waals surface area (Å²) in [5, 5.41) is 0. The maximum atomic E-state index is 12.6. The van der Waals surface area contributed by atoms with Crippen molar-refractivity contribution in [3.8, 4) is 0 Å². The highest BCUT2D eigenvalue weighted by molar-refractivity contribution is 7.92. The van der Waals surface area contributed by atoms with E-state index in [1.54, 1.807) is 36.4 Å². The number of sulfonamides is 1. The van der Waals surface area contributed by atoms with Crippen LogP contribution in [0.25, 0.3) is 0 Å². The summed E-state index contributed by atoms with van der Waals surface area (Å²) in [6.07, 6.45) is 0.817. The number of hydrogen-bond donors (Lipinski definition) is 1. The smallest absolute Gasteiger partial charge is 0.261 e. The second kappa shape index (κ2) is 7.18. The van der Waals surface area contributed by atoms with Crippen LogP contribution in [-0.2, 0) is 16.4 Å². The molecule has 1 N–H and O–H groups in total. The highest BCUT2D eigenvalue weighted by Crippen LogP contribution is 2.24. The fraction of sp³-hybridized carbons (Fsp3) is 0.316. The molecular weight excluding hydrogens is 322 g/mol. The molecule has 4 nitrogen and oxygen atoms in total. The van der Waals surface area contributed by atoms with Gasteiger partial charge in [-0.2, -0.15) is 0 Å². The van der Waals surface area contributed by atoms with E-state index in [0.717, 1.165) is 17.5 Å². The molecule has 128 valence electrons. The monoisotopic (exact) mass is 345 g/mol. The van der Waals surface area contributed by atoms with E-state index < -0.39 is 10.0 Å². The van der Waals surface area contributed by atoms with E-state index in [-0.39, 0.29) is 10.7 Å². The second-order valence-electron chi connectivity index (χ2n) is 6.45. The van der Waals surface area contributed by atoms with E-state index in [0.29, 0.717) is 17.2 Å². The molecular formula is C19H23NO3S. The minimum absolute atomic E-state index is 0.173. The number of nitrogens with one attached hydrogen (secondary N) is 1. The molecule has 0 unspecified atom stereocenters. The van der Waals surface area contributed by atoms with Gasteiger partial charge in [-0.3, -0.25) is 9.52 Å². The molecule has 0 fully saturated rings. The van der Waals surface area contributed by atoms with Crippen LogP contribution in [0.15, 0.2) is 47.4 Å². The number of aryl methyl sites for hydroxylation is 1. The molecule has 0 heterocycles. The third-order valence-corrected chi connectivity index (χ3v) is 5.06. The first-order valence-corrected chi connectivity index (χ1v) is 9.40. The van der Waals surface area contributed by atoms with Gasteiger partial charge in [0.05, 0.1) is 10.6 Å². The summed E-state index contributed by atoms with van der Waals surface area (Å²) in [4.78, 5) is 12.0. The third kappa shape index (κ3) is 4.45. The van der Waals surface area contributed by atoms with Gasteiger partial charge in [0.1, 0.15) is 0 Å². The van der Waals surface area contributed by atoms with E-state index >= 15 is 0 Å². The Hall–Kier alpha value is -2.14. The fourth-order valence-electron chi connectivity index (χ4n) is 2.50. The lowest BCUT2D eigenvalue weighted by Gasteiger charge is -2.14. The third-order valence-electron chi connectivity index (χ3n) is 3.68. The summed E-state index contributed by atoms with van der Waals surface area (Å²) >= 11 is 0. The average molecular weight is 345 g/mol. The van der Waals surface area contributed by atoms with Crippen LogP contribution < -0.4 is 4.72 Å². The molecule has 0 amide bonds. The lowest BCUT2D eigenvalue weighted by atomic mass is 9.99. The molecule has 0 aliphatic heterocycles. The van der Waals surface area contributed by atoms with Crippen LogP contribution >= 0.6 is 0 Å². The maximum Gasteiger partial charge on any atom is 0.261 e. The van der Waals surface area contributed by atoms with Crippen molar-refractivity contribution in [2.75, 3.05) is 4.72 Å². The zero-order valence-corrected chi connectivity index (χ0v) is 15.3. The Morgan fingerprint density at radius 1 is 1.08 bits per heavy atom. The first-order valence-electron chi connectivity index (χ1n) is 7.92. The summed E-state index contributed by atoms with van der Waals surface area (Å²) in [5.41, 5.74) is 2.69. The molecule has 2 aromatic carbocycles. The fourth-order valence-corrected chi connectivity index (χ4v) is 3.57. The van der Waals surface area contributed by atoms with Crippen LogP contribution in [0.5, 0.6) is 0 Å². The largest absolute Gasteiger partial charge is 0.294 e. The van der Waals surface area contributed by atoms with Gasteiger partial charge in [0.15, 0.2) is 5.78 Å². The van der Waals surface area contributed by atoms with Gasteiger partial charge in [-0.25, -0.2) is 8.42 Å². The van der Waals surface area contributed by atoms with Crippen LogP contribution in [0, 0.1) is 12.8 Å². The van der Waals surface area contributed by atoms with Crippen molar-refractivity contribution in [1.29, 1.82) is 0 Å². The van der Waals surface area contributed by atoms with Crippen LogP contribution in [-0.4, -0.2) is 14.2 Å². The van der Waals surface area contributed by atoms with Gasteiger partial charge in [-0.05, 0) is 56.0 Å². The summed E-state index contributed by atoms with van der Waals surface area (Å²) < 4.78 is 27.8. The first-order chi connectivity index (χ1) is 11.2. The van der Waals surface area contributed by atoms with Crippen molar-refractivity contribution >= 4 is 21.5 Å². The predicted octanol–water partition coefficient (Wildman–Crippen LogP) is 4.20. The molecule has 5 heteroatoms. The Kier molecular flexibility index (Phi) is 5.44. The Labute approximate surface area is 144 Å².